The number of aliphatic carboxylic acids is 1. The molecule has 1 unspecified atom stereocenters. The van der Waals surface area contributed by atoms with E-state index < -0.39 is 5.97 Å². The highest BCUT2D eigenvalue weighted by Crippen LogP contribution is 2.18. The van der Waals surface area contributed by atoms with Gasteiger partial charge in [-0.3, -0.25) is 4.79 Å². The minimum absolute atomic E-state index is 0.355. The van der Waals surface area contributed by atoms with E-state index in [1.165, 1.54) is 57.8 Å². The fraction of sp³-hybridized carbons (Fsp3) is 0.938. The zero-order valence-corrected chi connectivity index (χ0v) is 12.4. The van der Waals surface area contributed by atoms with Gasteiger partial charge in [0.1, 0.15) is 0 Å². The highest BCUT2D eigenvalue weighted by molar-refractivity contribution is 5.66. The lowest BCUT2D eigenvalue weighted by molar-refractivity contribution is -0.138. The summed E-state index contributed by atoms with van der Waals surface area (Å²) in [6.45, 7) is 4.35. The lowest BCUT2D eigenvalue weighted by Gasteiger charge is -2.11. The molecule has 0 amide bonds. The average molecular weight is 256 g/mol. The monoisotopic (exact) mass is 256 g/mol. The van der Waals surface area contributed by atoms with E-state index in [2.05, 4.69) is 13.8 Å². The Morgan fingerprint density at radius 2 is 1.39 bits per heavy atom. The standard InChI is InChI=1S/C16H32O2/c1-3-5-6-7-8-9-10-11-12-13-15(4-2)14-16(17)18/h15H,3-14H2,1-2H3,(H,17,18). The first-order chi connectivity index (χ1) is 8.70. The highest BCUT2D eigenvalue weighted by atomic mass is 16.4. The zero-order valence-electron chi connectivity index (χ0n) is 12.4. The van der Waals surface area contributed by atoms with E-state index in [1.807, 2.05) is 0 Å². The highest BCUT2D eigenvalue weighted by Gasteiger charge is 2.10. The van der Waals surface area contributed by atoms with Gasteiger partial charge in [0.25, 0.3) is 0 Å². The summed E-state index contributed by atoms with van der Waals surface area (Å²) in [6, 6.07) is 0. The quantitative estimate of drug-likeness (QED) is 0.447. The summed E-state index contributed by atoms with van der Waals surface area (Å²) in [6.07, 6.45) is 14.5. The Kier molecular flexibility index (Phi) is 12.5. The second-order valence-electron chi connectivity index (χ2n) is 5.49. The van der Waals surface area contributed by atoms with E-state index in [1.54, 1.807) is 0 Å². The van der Waals surface area contributed by atoms with Crippen molar-refractivity contribution < 1.29 is 9.90 Å². The molecular formula is C16H32O2. The summed E-state index contributed by atoms with van der Waals surface area (Å²) in [7, 11) is 0. The summed E-state index contributed by atoms with van der Waals surface area (Å²) in [4.78, 5) is 10.6. The Balaban J connectivity index is 3.25. The van der Waals surface area contributed by atoms with Crippen molar-refractivity contribution in [1.82, 2.24) is 0 Å². The summed E-state index contributed by atoms with van der Waals surface area (Å²) in [5, 5.41) is 8.76. The second kappa shape index (κ2) is 12.9. The number of carboxylic acids is 1. The molecule has 0 aromatic rings. The number of carboxylic acid groups (broad SMARTS) is 1. The molecule has 0 bridgehead atoms. The van der Waals surface area contributed by atoms with Crippen LogP contribution in [-0.2, 0) is 4.79 Å². The van der Waals surface area contributed by atoms with Gasteiger partial charge in [0.2, 0.25) is 0 Å². The van der Waals surface area contributed by atoms with Crippen LogP contribution in [0.4, 0.5) is 0 Å². The molecule has 0 fully saturated rings. The van der Waals surface area contributed by atoms with E-state index in [0.29, 0.717) is 12.3 Å². The lowest BCUT2D eigenvalue weighted by atomic mass is 9.95. The molecule has 0 aliphatic carbocycles. The van der Waals surface area contributed by atoms with Crippen molar-refractivity contribution >= 4 is 5.97 Å². The lowest BCUT2D eigenvalue weighted by Crippen LogP contribution is -2.06. The molecule has 0 aliphatic heterocycles. The third-order valence-corrected chi connectivity index (χ3v) is 3.76. The first-order valence-electron chi connectivity index (χ1n) is 7.92. The molecule has 1 N–H and O–H groups in total. The van der Waals surface area contributed by atoms with E-state index in [4.69, 9.17) is 5.11 Å². The number of hydrogen-bond donors (Lipinski definition) is 1. The van der Waals surface area contributed by atoms with Crippen LogP contribution in [0.1, 0.15) is 90.9 Å². The molecule has 2 heteroatoms. The zero-order chi connectivity index (χ0) is 13.6. The van der Waals surface area contributed by atoms with Crippen LogP contribution >= 0.6 is 0 Å². The van der Waals surface area contributed by atoms with Crippen molar-refractivity contribution in [2.75, 3.05) is 0 Å². The average Bonchev–Trinajstić information content (AvgIpc) is 2.35. The van der Waals surface area contributed by atoms with Crippen LogP contribution in [0.2, 0.25) is 0 Å². The van der Waals surface area contributed by atoms with Gasteiger partial charge in [-0.25, -0.2) is 0 Å². The summed E-state index contributed by atoms with van der Waals surface area (Å²) in [5.41, 5.74) is 0. The molecule has 0 aromatic carbocycles. The van der Waals surface area contributed by atoms with Crippen molar-refractivity contribution in [2.45, 2.75) is 90.9 Å². The second-order valence-corrected chi connectivity index (χ2v) is 5.49. The minimum atomic E-state index is -0.641. The van der Waals surface area contributed by atoms with Crippen molar-refractivity contribution in [2.24, 2.45) is 5.92 Å². The maximum Gasteiger partial charge on any atom is 0.303 e. The normalized spacial score (nSPS) is 12.6. The van der Waals surface area contributed by atoms with Crippen molar-refractivity contribution in [1.29, 1.82) is 0 Å². The van der Waals surface area contributed by atoms with Gasteiger partial charge in [-0.1, -0.05) is 78.1 Å². The summed E-state index contributed by atoms with van der Waals surface area (Å²) >= 11 is 0. The Bertz CT molecular complexity index is 190. The number of rotatable bonds is 13. The van der Waals surface area contributed by atoms with Gasteiger partial charge in [-0.15, -0.1) is 0 Å². The van der Waals surface area contributed by atoms with Gasteiger partial charge in [0.15, 0.2) is 0 Å². The van der Waals surface area contributed by atoms with Crippen LogP contribution in [-0.4, -0.2) is 11.1 Å². The molecule has 0 radical (unpaired) electrons. The van der Waals surface area contributed by atoms with Gasteiger partial charge < -0.3 is 5.11 Å². The first-order valence-corrected chi connectivity index (χ1v) is 7.92. The number of carbonyl (C=O) groups is 1. The van der Waals surface area contributed by atoms with E-state index in [9.17, 15) is 4.79 Å². The Hall–Kier alpha value is -0.530. The van der Waals surface area contributed by atoms with E-state index in [0.717, 1.165) is 12.8 Å². The first kappa shape index (κ1) is 17.5. The Morgan fingerprint density at radius 3 is 1.83 bits per heavy atom. The van der Waals surface area contributed by atoms with Crippen LogP contribution < -0.4 is 0 Å². The molecule has 1 atom stereocenters. The topological polar surface area (TPSA) is 37.3 Å². The molecule has 0 spiro atoms. The van der Waals surface area contributed by atoms with Gasteiger partial charge in [-0.05, 0) is 12.3 Å². The van der Waals surface area contributed by atoms with Crippen LogP contribution in [0.3, 0.4) is 0 Å². The molecule has 0 aliphatic rings. The molecule has 0 saturated heterocycles. The Labute approximate surface area is 113 Å². The van der Waals surface area contributed by atoms with Crippen molar-refractivity contribution in [3.63, 3.8) is 0 Å². The molecule has 0 heterocycles. The van der Waals surface area contributed by atoms with Crippen LogP contribution in [0.15, 0.2) is 0 Å². The van der Waals surface area contributed by atoms with Crippen molar-refractivity contribution in [3.05, 3.63) is 0 Å². The van der Waals surface area contributed by atoms with E-state index in [-0.39, 0.29) is 0 Å². The largest absolute Gasteiger partial charge is 0.481 e. The van der Waals surface area contributed by atoms with Crippen LogP contribution in [0, 0.1) is 5.92 Å². The molecule has 0 rings (SSSR count). The molecule has 2 nitrogen and oxygen atoms in total. The fourth-order valence-corrected chi connectivity index (χ4v) is 2.44. The summed E-state index contributed by atoms with van der Waals surface area (Å²) in [5.74, 6) is -0.246. The van der Waals surface area contributed by atoms with Crippen LogP contribution in [0.5, 0.6) is 0 Å². The van der Waals surface area contributed by atoms with E-state index >= 15 is 0 Å². The molecule has 108 valence electrons. The van der Waals surface area contributed by atoms with Crippen LogP contribution in [0.25, 0.3) is 0 Å². The predicted octanol–water partition coefficient (Wildman–Crippen LogP) is 5.41. The maximum atomic E-state index is 10.6. The molecule has 0 aromatic heterocycles. The molecule has 0 saturated carbocycles. The maximum absolute atomic E-state index is 10.6. The third kappa shape index (κ3) is 11.9. The SMILES string of the molecule is CCCCCCCCCCCC(CC)CC(=O)O. The van der Waals surface area contributed by atoms with Crippen molar-refractivity contribution in [3.8, 4) is 0 Å². The smallest absolute Gasteiger partial charge is 0.303 e. The fourth-order valence-electron chi connectivity index (χ4n) is 2.44. The summed E-state index contributed by atoms with van der Waals surface area (Å²) < 4.78 is 0. The molecular weight excluding hydrogens is 224 g/mol. The van der Waals surface area contributed by atoms with Gasteiger partial charge >= 0.3 is 5.97 Å². The Morgan fingerprint density at radius 1 is 0.889 bits per heavy atom. The van der Waals surface area contributed by atoms with Gasteiger partial charge in [0, 0.05) is 6.42 Å². The van der Waals surface area contributed by atoms with Gasteiger partial charge in [-0.2, -0.15) is 0 Å². The molecule has 18 heavy (non-hydrogen) atoms. The van der Waals surface area contributed by atoms with Gasteiger partial charge in [0.05, 0.1) is 0 Å². The third-order valence-electron chi connectivity index (χ3n) is 3.76. The number of unbranched alkanes of at least 4 members (excludes halogenated alkanes) is 8. The minimum Gasteiger partial charge on any atom is -0.481 e. The predicted molar refractivity (Wildman–Crippen MR) is 77.9 cm³/mol. The number of hydrogen-bond acceptors (Lipinski definition) is 1.